The van der Waals surface area contributed by atoms with Crippen LogP contribution in [-0.4, -0.2) is 0 Å². The lowest BCUT2D eigenvalue weighted by Crippen LogP contribution is -1.48. The molecule has 0 aliphatic heterocycles. The molecule has 0 bridgehead atoms. The Labute approximate surface area is 60.3 Å². The third-order valence-electron chi connectivity index (χ3n) is 0.538. The van der Waals surface area contributed by atoms with Crippen LogP contribution in [0.15, 0.2) is 24.8 Å². The van der Waals surface area contributed by atoms with Crippen LogP contribution in [0.1, 0.15) is 34.6 Å². The van der Waals surface area contributed by atoms with Gasteiger partial charge in [0.05, 0.1) is 0 Å². The summed E-state index contributed by atoms with van der Waals surface area (Å²) in [5, 5.41) is 0. The van der Waals surface area contributed by atoms with Crippen molar-refractivity contribution in [3.05, 3.63) is 24.8 Å². The van der Waals surface area contributed by atoms with E-state index in [-0.39, 0.29) is 7.43 Å². The summed E-state index contributed by atoms with van der Waals surface area (Å²) in [5.74, 6) is 0. The third kappa shape index (κ3) is 36.5. The Hall–Kier alpha value is -0.520. The van der Waals surface area contributed by atoms with Crippen molar-refractivity contribution in [3.8, 4) is 0 Å². The van der Waals surface area contributed by atoms with Gasteiger partial charge in [0.25, 0.3) is 0 Å². The molecule has 0 fully saturated rings. The fourth-order valence-corrected chi connectivity index (χ4v) is 0.232. The molecule has 56 valence electrons. The molecule has 0 aliphatic rings. The first-order chi connectivity index (χ1) is 3.91. The average molecular weight is 128 g/mol. The summed E-state index contributed by atoms with van der Waals surface area (Å²) in [6, 6.07) is 0. The van der Waals surface area contributed by atoms with E-state index in [1.165, 1.54) is 0 Å². The van der Waals surface area contributed by atoms with Gasteiger partial charge in [-0.3, -0.25) is 0 Å². The van der Waals surface area contributed by atoms with Crippen LogP contribution in [0.4, 0.5) is 0 Å². The summed E-state index contributed by atoms with van der Waals surface area (Å²) in [7, 11) is 0. The predicted molar refractivity (Wildman–Crippen MR) is 47.7 cm³/mol. The molecule has 0 atom stereocenters. The highest BCUT2D eigenvalue weighted by molar-refractivity contribution is 4.85. The van der Waals surface area contributed by atoms with E-state index in [4.69, 9.17) is 0 Å². The van der Waals surface area contributed by atoms with E-state index in [9.17, 15) is 0 Å². The fraction of sp³-hybridized carbons (Fsp3) is 0.556. The molecule has 0 radical (unpaired) electrons. The van der Waals surface area contributed by atoms with Crippen LogP contribution in [0.2, 0.25) is 0 Å². The van der Waals surface area contributed by atoms with E-state index in [1.54, 1.807) is 0 Å². The quantitative estimate of drug-likeness (QED) is 0.496. The fourth-order valence-electron chi connectivity index (χ4n) is 0.232. The van der Waals surface area contributed by atoms with Crippen LogP contribution in [0.5, 0.6) is 0 Å². The van der Waals surface area contributed by atoms with Crippen molar-refractivity contribution >= 4 is 0 Å². The third-order valence-corrected chi connectivity index (χ3v) is 0.538. The molecule has 0 unspecified atom stereocenters. The molecule has 0 N–H and O–H groups in total. The van der Waals surface area contributed by atoms with Gasteiger partial charge in [-0.05, 0) is 13.3 Å². The second-order valence-corrected chi connectivity index (χ2v) is 1.09. The molecule has 9 heavy (non-hydrogen) atoms. The van der Waals surface area contributed by atoms with E-state index >= 15 is 0 Å². The summed E-state index contributed by atoms with van der Waals surface area (Å²) >= 11 is 0. The summed E-state index contributed by atoms with van der Waals surface area (Å²) in [6.07, 6.45) is 6.95. The Morgan fingerprint density at radius 3 is 1.89 bits per heavy atom. The van der Waals surface area contributed by atoms with Gasteiger partial charge >= 0.3 is 0 Å². The molecule has 0 heteroatoms. The zero-order valence-corrected chi connectivity index (χ0v) is 6.15. The standard InChI is InChI=1S/C6H10.C2H6.CH4/c1-3-5-6-4-2;1-2;/h3-4,6H,1,5H2,2H3;1-2H3;1H4/b6-4-;;. The van der Waals surface area contributed by atoms with Crippen molar-refractivity contribution in [3.63, 3.8) is 0 Å². The molecule has 0 nitrogen and oxygen atoms in total. The Morgan fingerprint density at radius 1 is 1.33 bits per heavy atom. The van der Waals surface area contributed by atoms with Crippen LogP contribution >= 0.6 is 0 Å². The van der Waals surface area contributed by atoms with Gasteiger partial charge in [0.2, 0.25) is 0 Å². The molecule has 0 aromatic heterocycles. The maximum Gasteiger partial charge on any atom is -0.0172 e. The minimum absolute atomic E-state index is 0. The van der Waals surface area contributed by atoms with Crippen LogP contribution in [0, 0.1) is 0 Å². The average Bonchev–Trinajstić information content (AvgIpc) is 1.88. The van der Waals surface area contributed by atoms with Crippen LogP contribution in [0.3, 0.4) is 0 Å². The second kappa shape index (κ2) is 25.9. The topological polar surface area (TPSA) is 0 Å². The first-order valence-corrected chi connectivity index (χ1v) is 3.14. The van der Waals surface area contributed by atoms with Gasteiger partial charge in [0.1, 0.15) is 0 Å². The highest BCUT2D eigenvalue weighted by Crippen LogP contribution is 1.78. The molecular weight excluding hydrogens is 108 g/mol. The van der Waals surface area contributed by atoms with E-state index in [0.717, 1.165) is 6.42 Å². The Balaban J connectivity index is -0.000000109. The zero-order chi connectivity index (χ0) is 6.83. The maximum absolute atomic E-state index is 3.55. The molecule has 0 amide bonds. The summed E-state index contributed by atoms with van der Waals surface area (Å²) in [4.78, 5) is 0. The Kier molecular flexibility index (Phi) is 45.5. The van der Waals surface area contributed by atoms with E-state index in [0.29, 0.717) is 0 Å². The summed E-state index contributed by atoms with van der Waals surface area (Å²) in [5.41, 5.74) is 0. The van der Waals surface area contributed by atoms with Gasteiger partial charge in [-0.25, -0.2) is 0 Å². The van der Waals surface area contributed by atoms with Gasteiger partial charge in [-0.2, -0.15) is 0 Å². The normalized spacial score (nSPS) is 7.00. The largest absolute Gasteiger partial charge is 0.103 e. The van der Waals surface area contributed by atoms with Crippen LogP contribution in [-0.2, 0) is 0 Å². The lowest BCUT2D eigenvalue weighted by molar-refractivity contribution is 1.39. The molecule has 0 rings (SSSR count). The van der Waals surface area contributed by atoms with Crippen molar-refractivity contribution in [2.45, 2.75) is 34.6 Å². The lowest BCUT2D eigenvalue weighted by atomic mass is 10.4. The van der Waals surface area contributed by atoms with Crippen molar-refractivity contribution in [1.82, 2.24) is 0 Å². The zero-order valence-electron chi connectivity index (χ0n) is 6.15. The smallest absolute Gasteiger partial charge is 0.0172 e. The summed E-state index contributed by atoms with van der Waals surface area (Å²) < 4.78 is 0. The molecule has 0 aliphatic carbocycles. The molecule has 0 aromatic carbocycles. The van der Waals surface area contributed by atoms with Crippen LogP contribution < -0.4 is 0 Å². The van der Waals surface area contributed by atoms with Crippen molar-refractivity contribution < 1.29 is 0 Å². The SMILES string of the molecule is C.C=CC/C=C\C.CC. The Bertz CT molecular complexity index is 51.1. The predicted octanol–water partition coefficient (Wildman–Crippen LogP) is 3.80. The molecule has 0 saturated heterocycles. The van der Waals surface area contributed by atoms with Gasteiger partial charge < -0.3 is 0 Å². The molecule has 0 saturated carbocycles. The van der Waals surface area contributed by atoms with Crippen molar-refractivity contribution in [2.24, 2.45) is 0 Å². The van der Waals surface area contributed by atoms with E-state index < -0.39 is 0 Å². The highest BCUT2D eigenvalue weighted by Gasteiger charge is 1.57. The molecule has 0 aromatic rings. The first kappa shape index (κ1) is 15.8. The highest BCUT2D eigenvalue weighted by atomic mass is 13.6. The summed E-state index contributed by atoms with van der Waals surface area (Å²) in [6.45, 7) is 9.55. The Morgan fingerprint density at radius 2 is 1.78 bits per heavy atom. The molecular formula is C9H20. The second-order valence-electron chi connectivity index (χ2n) is 1.09. The van der Waals surface area contributed by atoms with Gasteiger partial charge in [-0.15, -0.1) is 6.58 Å². The van der Waals surface area contributed by atoms with Crippen molar-refractivity contribution in [1.29, 1.82) is 0 Å². The van der Waals surface area contributed by atoms with Gasteiger partial charge in [0.15, 0.2) is 0 Å². The van der Waals surface area contributed by atoms with Crippen molar-refractivity contribution in [2.75, 3.05) is 0 Å². The number of allylic oxidation sites excluding steroid dienone is 3. The van der Waals surface area contributed by atoms with E-state index in [1.807, 2.05) is 32.9 Å². The first-order valence-electron chi connectivity index (χ1n) is 3.14. The van der Waals surface area contributed by atoms with E-state index in [2.05, 4.69) is 12.7 Å². The monoisotopic (exact) mass is 128 g/mol. The minimum Gasteiger partial charge on any atom is -0.103 e. The van der Waals surface area contributed by atoms with Crippen LogP contribution in [0.25, 0.3) is 0 Å². The number of hydrogen-bond donors (Lipinski definition) is 0. The number of hydrogen-bond acceptors (Lipinski definition) is 0. The minimum atomic E-state index is 0. The lowest BCUT2D eigenvalue weighted by Gasteiger charge is -1.69. The molecule has 0 heterocycles. The number of rotatable bonds is 2. The van der Waals surface area contributed by atoms with Gasteiger partial charge in [0, 0.05) is 0 Å². The molecule has 0 spiro atoms. The maximum atomic E-state index is 3.55. The van der Waals surface area contributed by atoms with Gasteiger partial charge in [-0.1, -0.05) is 39.5 Å².